The lowest BCUT2D eigenvalue weighted by atomic mass is 10.0. The average Bonchev–Trinajstić information content (AvgIpc) is 2.26. The predicted octanol–water partition coefficient (Wildman–Crippen LogP) is 2.85. The molecule has 0 unspecified atom stereocenters. The molecule has 1 nitrogen and oxygen atoms in total. The summed E-state index contributed by atoms with van der Waals surface area (Å²) in [7, 11) is 0. The van der Waals surface area contributed by atoms with Gasteiger partial charge in [-0.1, -0.05) is 54.6 Å². The molecule has 0 aromatic heterocycles. The first-order chi connectivity index (χ1) is 6.92. The van der Waals surface area contributed by atoms with Crippen molar-refractivity contribution in [1.82, 2.24) is 0 Å². The van der Waals surface area contributed by atoms with Gasteiger partial charge in [0.25, 0.3) is 0 Å². The van der Waals surface area contributed by atoms with Crippen molar-refractivity contribution >= 4 is 16.8 Å². The number of hydrogen-bond donors (Lipinski definition) is 1. The van der Waals surface area contributed by atoms with Crippen LogP contribution in [0, 0.1) is 0 Å². The molecule has 0 radical (unpaired) electrons. The highest BCUT2D eigenvalue weighted by molar-refractivity contribution is 5.90. The van der Waals surface area contributed by atoms with Gasteiger partial charge in [-0.25, -0.2) is 0 Å². The normalized spacial score (nSPS) is 11.2. The van der Waals surface area contributed by atoms with Crippen molar-refractivity contribution in [3.63, 3.8) is 0 Å². The third-order valence-corrected chi connectivity index (χ3v) is 2.23. The van der Waals surface area contributed by atoms with E-state index in [0.717, 1.165) is 5.56 Å². The van der Waals surface area contributed by atoms with E-state index in [4.69, 9.17) is 5.11 Å². The van der Waals surface area contributed by atoms with Crippen molar-refractivity contribution in [2.75, 3.05) is 6.61 Å². The van der Waals surface area contributed by atoms with Crippen LogP contribution in [-0.4, -0.2) is 11.7 Å². The zero-order valence-electron chi connectivity index (χ0n) is 7.85. The van der Waals surface area contributed by atoms with Crippen LogP contribution in [0.1, 0.15) is 5.56 Å². The number of fused-ring (bicyclic) bond motifs is 1. The smallest absolute Gasteiger partial charge is 0.0615 e. The van der Waals surface area contributed by atoms with E-state index in [1.54, 1.807) is 6.08 Å². The molecule has 70 valence electrons. The van der Waals surface area contributed by atoms with Crippen LogP contribution in [0.25, 0.3) is 16.8 Å². The molecule has 0 saturated carbocycles. The van der Waals surface area contributed by atoms with Crippen molar-refractivity contribution < 1.29 is 5.11 Å². The van der Waals surface area contributed by atoms with Gasteiger partial charge in [-0.2, -0.15) is 0 Å². The molecule has 14 heavy (non-hydrogen) atoms. The quantitative estimate of drug-likeness (QED) is 0.760. The lowest BCUT2D eigenvalue weighted by molar-refractivity contribution is 0.343. The molecule has 0 heterocycles. The van der Waals surface area contributed by atoms with Crippen molar-refractivity contribution in [3.05, 3.63) is 54.1 Å². The van der Waals surface area contributed by atoms with Crippen LogP contribution in [0.2, 0.25) is 0 Å². The van der Waals surface area contributed by atoms with Gasteiger partial charge in [0.05, 0.1) is 6.61 Å². The molecular weight excluding hydrogens is 172 g/mol. The highest BCUT2D eigenvalue weighted by atomic mass is 16.2. The van der Waals surface area contributed by atoms with E-state index in [-0.39, 0.29) is 6.61 Å². The van der Waals surface area contributed by atoms with E-state index in [0.29, 0.717) is 0 Å². The van der Waals surface area contributed by atoms with Crippen LogP contribution in [0.5, 0.6) is 0 Å². The summed E-state index contributed by atoms with van der Waals surface area (Å²) in [4.78, 5) is 0. The molecule has 0 atom stereocenters. The molecule has 2 rings (SSSR count). The molecule has 0 saturated heterocycles. The van der Waals surface area contributed by atoms with E-state index in [1.165, 1.54) is 10.8 Å². The Hall–Kier alpha value is -1.60. The number of hydrogen-bond acceptors (Lipinski definition) is 1. The van der Waals surface area contributed by atoms with Gasteiger partial charge >= 0.3 is 0 Å². The molecule has 0 amide bonds. The largest absolute Gasteiger partial charge is 0.392 e. The van der Waals surface area contributed by atoms with Crippen LogP contribution in [0.4, 0.5) is 0 Å². The van der Waals surface area contributed by atoms with Gasteiger partial charge in [0.1, 0.15) is 0 Å². The molecular formula is C13H12O. The molecule has 0 aliphatic heterocycles. The summed E-state index contributed by atoms with van der Waals surface area (Å²) in [5.41, 5.74) is 1.15. The minimum atomic E-state index is 0.0865. The third-order valence-electron chi connectivity index (χ3n) is 2.23. The summed E-state index contributed by atoms with van der Waals surface area (Å²) in [5.74, 6) is 0. The molecule has 1 N–H and O–H groups in total. The van der Waals surface area contributed by atoms with E-state index < -0.39 is 0 Å². The number of aliphatic hydroxyl groups is 1. The first kappa shape index (κ1) is 8.97. The molecule has 2 aromatic rings. The summed E-state index contributed by atoms with van der Waals surface area (Å²) in [6, 6.07) is 14.4. The topological polar surface area (TPSA) is 20.2 Å². The number of rotatable bonds is 2. The lowest BCUT2D eigenvalue weighted by Crippen LogP contribution is -1.78. The SMILES string of the molecule is OC/C=C/c1cccc2ccccc12. The van der Waals surface area contributed by atoms with Gasteiger partial charge in [0, 0.05) is 0 Å². The molecule has 0 fully saturated rings. The third kappa shape index (κ3) is 1.68. The van der Waals surface area contributed by atoms with Gasteiger partial charge in [0.15, 0.2) is 0 Å². The summed E-state index contributed by atoms with van der Waals surface area (Å²) in [5, 5.41) is 11.2. The second kappa shape index (κ2) is 4.07. The van der Waals surface area contributed by atoms with Crippen LogP contribution in [0.3, 0.4) is 0 Å². The van der Waals surface area contributed by atoms with Gasteiger partial charge in [-0.05, 0) is 16.3 Å². The Kier molecular flexibility index (Phi) is 2.61. The fraction of sp³-hybridized carbons (Fsp3) is 0.0769. The first-order valence-electron chi connectivity index (χ1n) is 4.67. The van der Waals surface area contributed by atoms with Gasteiger partial charge in [0.2, 0.25) is 0 Å². The first-order valence-corrected chi connectivity index (χ1v) is 4.67. The summed E-state index contributed by atoms with van der Waals surface area (Å²) in [6.45, 7) is 0.0865. The zero-order chi connectivity index (χ0) is 9.80. The second-order valence-corrected chi connectivity index (χ2v) is 3.15. The Morgan fingerprint density at radius 3 is 2.64 bits per heavy atom. The van der Waals surface area contributed by atoms with Crippen molar-refractivity contribution in [2.45, 2.75) is 0 Å². The number of aliphatic hydroxyl groups excluding tert-OH is 1. The molecule has 1 heteroatoms. The van der Waals surface area contributed by atoms with Gasteiger partial charge in [-0.15, -0.1) is 0 Å². The van der Waals surface area contributed by atoms with E-state index in [1.807, 2.05) is 24.3 Å². The van der Waals surface area contributed by atoms with E-state index in [2.05, 4.69) is 24.3 Å². The Bertz CT molecular complexity index is 452. The summed E-state index contributed by atoms with van der Waals surface area (Å²) >= 11 is 0. The Morgan fingerprint density at radius 1 is 1.00 bits per heavy atom. The maximum absolute atomic E-state index is 8.71. The van der Waals surface area contributed by atoms with E-state index in [9.17, 15) is 0 Å². The minimum Gasteiger partial charge on any atom is -0.392 e. The molecule has 0 aliphatic rings. The van der Waals surface area contributed by atoms with Crippen molar-refractivity contribution in [1.29, 1.82) is 0 Å². The molecule has 0 aliphatic carbocycles. The zero-order valence-corrected chi connectivity index (χ0v) is 7.85. The molecule has 0 bridgehead atoms. The fourth-order valence-electron chi connectivity index (χ4n) is 1.58. The van der Waals surface area contributed by atoms with Crippen LogP contribution in [-0.2, 0) is 0 Å². The van der Waals surface area contributed by atoms with Crippen molar-refractivity contribution in [2.24, 2.45) is 0 Å². The highest BCUT2D eigenvalue weighted by Crippen LogP contribution is 2.19. The maximum atomic E-state index is 8.71. The average molecular weight is 184 g/mol. The van der Waals surface area contributed by atoms with Gasteiger partial charge in [-0.3, -0.25) is 0 Å². The standard InChI is InChI=1S/C13H12O/c14-10-4-8-12-7-3-6-11-5-1-2-9-13(11)12/h1-9,14H,10H2/b8-4+. The van der Waals surface area contributed by atoms with Crippen LogP contribution in [0.15, 0.2) is 48.5 Å². The number of benzene rings is 2. The Morgan fingerprint density at radius 2 is 1.79 bits per heavy atom. The Labute approximate surface area is 83.3 Å². The Balaban J connectivity index is 2.59. The predicted molar refractivity (Wildman–Crippen MR) is 60.1 cm³/mol. The summed E-state index contributed by atoms with van der Waals surface area (Å²) < 4.78 is 0. The van der Waals surface area contributed by atoms with Crippen LogP contribution >= 0.6 is 0 Å². The fourth-order valence-corrected chi connectivity index (χ4v) is 1.58. The monoisotopic (exact) mass is 184 g/mol. The lowest BCUT2D eigenvalue weighted by Gasteiger charge is -2.00. The molecule has 2 aromatic carbocycles. The second-order valence-electron chi connectivity index (χ2n) is 3.15. The van der Waals surface area contributed by atoms with Crippen LogP contribution < -0.4 is 0 Å². The summed E-state index contributed by atoms with van der Waals surface area (Å²) in [6.07, 6.45) is 3.70. The van der Waals surface area contributed by atoms with Gasteiger partial charge < -0.3 is 5.11 Å². The van der Waals surface area contributed by atoms with Crippen molar-refractivity contribution in [3.8, 4) is 0 Å². The molecule has 0 spiro atoms. The van der Waals surface area contributed by atoms with E-state index >= 15 is 0 Å². The minimum absolute atomic E-state index is 0.0865. The maximum Gasteiger partial charge on any atom is 0.0615 e. The highest BCUT2D eigenvalue weighted by Gasteiger charge is 1.94.